The van der Waals surface area contributed by atoms with Crippen LogP contribution in [0.1, 0.15) is 11.3 Å². The maximum atomic E-state index is 10.0. The number of phenols is 1. The molecule has 0 saturated heterocycles. The Balaban J connectivity index is 1.82. The molecule has 0 spiro atoms. The van der Waals surface area contributed by atoms with Gasteiger partial charge in [0.05, 0.1) is 0 Å². The minimum Gasteiger partial charge on any atom is -0.507 e. The third-order valence-electron chi connectivity index (χ3n) is 4.49. The standard InChI is InChI=1S/C22H17NO/c1-23-18(14-11-17-6-2-5-9-21(17)23)13-10-16-12-15-22(24)20-8-4-3-7-19(16)20/h2-15H,1H3/p+1. The molecule has 116 valence electrons. The van der Waals surface area contributed by atoms with Crippen LogP contribution in [0.5, 0.6) is 5.75 Å². The van der Waals surface area contributed by atoms with Gasteiger partial charge in [-0.25, -0.2) is 0 Å². The number of aromatic hydroxyl groups is 1. The van der Waals surface area contributed by atoms with E-state index in [1.807, 2.05) is 30.3 Å². The quantitative estimate of drug-likeness (QED) is 0.533. The number of phenolic OH excluding ortho intramolecular Hbond substituents is 1. The molecule has 1 aromatic heterocycles. The molecule has 0 aliphatic carbocycles. The third-order valence-corrected chi connectivity index (χ3v) is 4.49. The van der Waals surface area contributed by atoms with Crippen LogP contribution in [0, 0.1) is 0 Å². The number of hydrogen-bond donors (Lipinski definition) is 1. The summed E-state index contributed by atoms with van der Waals surface area (Å²) in [7, 11) is 2.08. The molecule has 24 heavy (non-hydrogen) atoms. The van der Waals surface area contributed by atoms with Crippen molar-refractivity contribution in [2.45, 2.75) is 0 Å². The van der Waals surface area contributed by atoms with Crippen LogP contribution < -0.4 is 4.57 Å². The molecular formula is C22H18NO+. The lowest BCUT2D eigenvalue weighted by atomic mass is 10.0. The average Bonchev–Trinajstić information content (AvgIpc) is 2.63. The number of fused-ring (bicyclic) bond motifs is 2. The number of aromatic nitrogens is 1. The van der Waals surface area contributed by atoms with Crippen LogP contribution in [-0.2, 0) is 7.05 Å². The van der Waals surface area contributed by atoms with Gasteiger partial charge in [-0.3, -0.25) is 0 Å². The fourth-order valence-corrected chi connectivity index (χ4v) is 3.15. The van der Waals surface area contributed by atoms with E-state index in [9.17, 15) is 5.11 Å². The molecule has 0 fully saturated rings. The van der Waals surface area contributed by atoms with Gasteiger partial charge in [-0.05, 0) is 35.2 Å². The van der Waals surface area contributed by atoms with Gasteiger partial charge in [-0.1, -0.05) is 42.5 Å². The number of aryl methyl sites for hydroxylation is 1. The van der Waals surface area contributed by atoms with E-state index in [-0.39, 0.29) is 0 Å². The number of para-hydroxylation sites is 1. The zero-order valence-electron chi connectivity index (χ0n) is 13.5. The molecule has 1 N–H and O–H groups in total. The first kappa shape index (κ1) is 14.5. The zero-order valence-corrected chi connectivity index (χ0v) is 13.5. The summed E-state index contributed by atoms with van der Waals surface area (Å²) in [6.45, 7) is 0. The molecule has 0 aliphatic heterocycles. The van der Waals surface area contributed by atoms with Gasteiger partial charge in [0.2, 0.25) is 11.2 Å². The topological polar surface area (TPSA) is 24.1 Å². The maximum absolute atomic E-state index is 10.0. The average molecular weight is 312 g/mol. The summed E-state index contributed by atoms with van der Waals surface area (Å²) in [6, 6.07) is 24.3. The minimum atomic E-state index is 0.319. The number of benzene rings is 3. The Morgan fingerprint density at radius 3 is 2.38 bits per heavy atom. The maximum Gasteiger partial charge on any atom is 0.212 e. The zero-order chi connectivity index (χ0) is 16.5. The second-order valence-electron chi connectivity index (χ2n) is 5.93. The van der Waals surface area contributed by atoms with E-state index < -0.39 is 0 Å². The van der Waals surface area contributed by atoms with Gasteiger partial charge in [0.25, 0.3) is 0 Å². The lowest BCUT2D eigenvalue weighted by Crippen LogP contribution is -2.32. The van der Waals surface area contributed by atoms with Crippen molar-refractivity contribution in [1.82, 2.24) is 0 Å². The van der Waals surface area contributed by atoms with Crippen LogP contribution in [0.3, 0.4) is 0 Å². The highest BCUT2D eigenvalue weighted by atomic mass is 16.3. The molecule has 0 aliphatic rings. The Morgan fingerprint density at radius 2 is 1.50 bits per heavy atom. The first-order chi connectivity index (χ1) is 11.7. The van der Waals surface area contributed by atoms with Crippen LogP contribution in [0.15, 0.2) is 72.8 Å². The van der Waals surface area contributed by atoms with E-state index in [0.29, 0.717) is 5.75 Å². The summed E-state index contributed by atoms with van der Waals surface area (Å²) in [5.41, 5.74) is 3.43. The van der Waals surface area contributed by atoms with E-state index in [2.05, 4.69) is 60.2 Å². The molecule has 0 atom stereocenters. The van der Waals surface area contributed by atoms with E-state index >= 15 is 0 Å². The van der Waals surface area contributed by atoms with Crippen molar-refractivity contribution in [2.24, 2.45) is 7.05 Å². The molecule has 0 amide bonds. The molecule has 0 bridgehead atoms. The van der Waals surface area contributed by atoms with E-state index in [0.717, 1.165) is 22.0 Å². The van der Waals surface area contributed by atoms with Crippen molar-refractivity contribution < 1.29 is 9.67 Å². The molecule has 2 heteroatoms. The lowest BCUT2D eigenvalue weighted by Gasteiger charge is -2.04. The summed E-state index contributed by atoms with van der Waals surface area (Å²) in [5, 5.41) is 13.2. The SMILES string of the molecule is C[n+]1c(C=Cc2ccc(O)c3ccccc23)ccc2ccccc21. The van der Waals surface area contributed by atoms with Gasteiger partial charge < -0.3 is 5.11 Å². The van der Waals surface area contributed by atoms with Crippen molar-refractivity contribution in [3.8, 4) is 5.75 Å². The molecule has 2 nitrogen and oxygen atoms in total. The number of hydrogen-bond acceptors (Lipinski definition) is 1. The first-order valence-corrected chi connectivity index (χ1v) is 8.00. The van der Waals surface area contributed by atoms with Crippen molar-refractivity contribution >= 4 is 33.8 Å². The van der Waals surface area contributed by atoms with Crippen molar-refractivity contribution in [2.75, 3.05) is 0 Å². The fourth-order valence-electron chi connectivity index (χ4n) is 3.15. The number of pyridine rings is 1. The van der Waals surface area contributed by atoms with E-state index in [1.165, 1.54) is 10.9 Å². The van der Waals surface area contributed by atoms with Gasteiger partial charge >= 0.3 is 0 Å². The Labute approximate surface area is 140 Å². The molecular weight excluding hydrogens is 294 g/mol. The monoisotopic (exact) mass is 312 g/mol. The van der Waals surface area contributed by atoms with Gasteiger partial charge in [0.1, 0.15) is 12.8 Å². The minimum absolute atomic E-state index is 0.319. The molecule has 0 radical (unpaired) electrons. The Bertz CT molecular complexity index is 1080. The highest BCUT2D eigenvalue weighted by Crippen LogP contribution is 2.28. The molecule has 1 heterocycles. The lowest BCUT2D eigenvalue weighted by molar-refractivity contribution is -0.646. The fraction of sp³-hybridized carbons (Fsp3) is 0.0455. The predicted molar refractivity (Wildman–Crippen MR) is 99.7 cm³/mol. The van der Waals surface area contributed by atoms with Crippen molar-refractivity contribution in [1.29, 1.82) is 0 Å². The normalized spacial score (nSPS) is 11.5. The first-order valence-electron chi connectivity index (χ1n) is 8.00. The second-order valence-corrected chi connectivity index (χ2v) is 5.93. The molecule has 4 aromatic rings. The van der Waals surface area contributed by atoms with E-state index in [4.69, 9.17) is 0 Å². The van der Waals surface area contributed by atoms with Crippen LogP contribution in [-0.4, -0.2) is 5.11 Å². The Morgan fingerprint density at radius 1 is 0.750 bits per heavy atom. The smallest absolute Gasteiger partial charge is 0.212 e. The van der Waals surface area contributed by atoms with Crippen LogP contribution in [0.2, 0.25) is 0 Å². The van der Waals surface area contributed by atoms with Gasteiger partial charge in [0, 0.05) is 29.0 Å². The summed E-state index contributed by atoms with van der Waals surface area (Å²) >= 11 is 0. The Kier molecular flexibility index (Phi) is 3.51. The second kappa shape index (κ2) is 5.82. The van der Waals surface area contributed by atoms with Crippen LogP contribution in [0.4, 0.5) is 0 Å². The molecule has 0 unspecified atom stereocenters. The molecule has 4 rings (SSSR count). The van der Waals surface area contributed by atoms with Crippen LogP contribution >= 0.6 is 0 Å². The van der Waals surface area contributed by atoms with E-state index in [1.54, 1.807) is 6.07 Å². The highest BCUT2D eigenvalue weighted by molar-refractivity contribution is 5.96. The molecule has 3 aromatic carbocycles. The van der Waals surface area contributed by atoms with Crippen molar-refractivity contribution in [3.63, 3.8) is 0 Å². The summed E-state index contributed by atoms with van der Waals surface area (Å²) < 4.78 is 2.19. The largest absolute Gasteiger partial charge is 0.507 e. The van der Waals surface area contributed by atoms with Gasteiger partial charge in [-0.2, -0.15) is 4.57 Å². The predicted octanol–water partition coefficient (Wildman–Crippen LogP) is 4.69. The number of rotatable bonds is 2. The summed E-state index contributed by atoms with van der Waals surface area (Å²) in [4.78, 5) is 0. The molecule has 0 saturated carbocycles. The highest BCUT2D eigenvalue weighted by Gasteiger charge is 2.09. The summed E-state index contributed by atoms with van der Waals surface area (Å²) in [5.74, 6) is 0.319. The summed E-state index contributed by atoms with van der Waals surface area (Å²) in [6.07, 6.45) is 4.22. The van der Waals surface area contributed by atoms with Crippen molar-refractivity contribution in [3.05, 3.63) is 84.1 Å². The van der Waals surface area contributed by atoms with Crippen LogP contribution in [0.25, 0.3) is 33.8 Å². The van der Waals surface area contributed by atoms with Gasteiger partial charge in [-0.15, -0.1) is 0 Å². The van der Waals surface area contributed by atoms with Gasteiger partial charge in [0.15, 0.2) is 0 Å². The Hall–Kier alpha value is -3.13. The number of nitrogens with zero attached hydrogens (tertiary/aromatic N) is 1. The third kappa shape index (κ3) is 2.42.